The van der Waals surface area contributed by atoms with Gasteiger partial charge < -0.3 is 15.0 Å². The van der Waals surface area contributed by atoms with Crippen molar-refractivity contribution in [3.8, 4) is 5.75 Å². The van der Waals surface area contributed by atoms with Gasteiger partial charge in [0, 0.05) is 31.9 Å². The summed E-state index contributed by atoms with van der Waals surface area (Å²) in [5.41, 5.74) is 3.26. The molecule has 144 valence electrons. The smallest absolute Gasteiger partial charge is 0.238 e. The van der Waals surface area contributed by atoms with E-state index in [9.17, 15) is 4.79 Å². The molecule has 2 aromatic carbocycles. The fourth-order valence-corrected chi connectivity index (χ4v) is 3.39. The van der Waals surface area contributed by atoms with Gasteiger partial charge in [0.1, 0.15) is 5.75 Å². The van der Waals surface area contributed by atoms with E-state index < -0.39 is 0 Å². The summed E-state index contributed by atoms with van der Waals surface area (Å²) in [6, 6.07) is 16.2. The van der Waals surface area contributed by atoms with Crippen molar-refractivity contribution in [2.45, 2.75) is 19.8 Å². The summed E-state index contributed by atoms with van der Waals surface area (Å²) in [5, 5.41) is 3.00. The lowest BCUT2D eigenvalue weighted by Crippen LogP contribution is -2.48. The molecule has 1 heterocycles. The van der Waals surface area contributed by atoms with E-state index >= 15 is 0 Å². The number of hydrogen-bond donors (Lipinski definition) is 1. The van der Waals surface area contributed by atoms with Crippen molar-refractivity contribution >= 4 is 17.3 Å². The molecule has 3 rings (SSSR count). The summed E-state index contributed by atoms with van der Waals surface area (Å²) in [6.07, 6.45) is 0. The maximum Gasteiger partial charge on any atom is 0.238 e. The first kappa shape index (κ1) is 19.2. The molecule has 0 radical (unpaired) electrons. The van der Waals surface area contributed by atoms with Crippen LogP contribution in [0.5, 0.6) is 5.75 Å². The van der Waals surface area contributed by atoms with Gasteiger partial charge in [-0.25, -0.2) is 0 Å². The topological polar surface area (TPSA) is 44.8 Å². The third-order valence-electron chi connectivity index (χ3n) is 5.03. The van der Waals surface area contributed by atoms with Gasteiger partial charge in [-0.3, -0.25) is 9.69 Å². The number of benzene rings is 2. The number of ether oxygens (including phenoxy) is 1. The van der Waals surface area contributed by atoms with Crippen LogP contribution in [-0.2, 0) is 4.79 Å². The lowest BCUT2D eigenvalue weighted by Gasteiger charge is -2.36. The first-order valence-electron chi connectivity index (χ1n) is 9.57. The fourth-order valence-electron chi connectivity index (χ4n) is 3.39. The molecule has 1 amide bonds. The van der Waals surface area contributed by atoms with E-state index in [4.69, 9.17) is 4.74 Å². The predicted octanol–water partition coefficient (Wildman–Crippen LogP) is 3.58. The minimum Gasteiger partial charge on any atom is -0.495 e. The van der Waals surface area contributed by atoms with E-state index in [0.29, 0.717) is 12.5 Å². The number of carbonyl (C=O) groups is 1. The van der Waals surface area contributed by atoms with E-state index in [1.807, 2.05) is 30.3 Å². The van der Waals surface area contributed by atoms with Gasteiger partial charge in [0.15, 0.2) is 0 Å². The molecule has 0 bridgehead atoms. The number of rotatable bonds is 6. The zero-order valence-electron chi connectivity index (χ0n) is 16.4. The largest absolute Gasteiger partial charge is 0.495 e. The molecule has 0 saturated carbocycles. The Morgan fingerprint density at radius 3 is 2.33 bits per heavy atom. The second-order valence-corrected chi connectivity index (χ2v) is 7.26. The van der Waals surface area contributed by atoms with Gasteiger partial charge in [-0.2, -0.15) is 0 Å². The maximum absolute atomic E-state index is 12.4. The molecule has 5 heteroatoms. The van der Waals surface area contributed by atoms with E-state index in [1.165, 1.54) is 5.56 Å². The van der Waals surface area contributed by atoms with E-state index in [2.05, 4.69) is 47.2 Å². The zero-order valence-corrected chi connectivity index (χ0v) is 16.4. The number of nitrogens with one attached hydrogen (secondary N) is 1. The highest BCUT2D eigenvalue weighted by Crippen LogP contribution is 2.28. The second kappa shape index (κ2) is 8.91. The number of methoxy groups -OCH3 is 1. The average molecular weight is 367 g/mol. The molecule has 2 aromatic rings. The number of hydrogen-bond acceptors (Lipinski definition) is 4. The number of anilines is 2. The number of para-hydroxylation sites is 2. The van der Waals surface area contributed by atoms with Gasteiger partial charge in [0.25, 0.3) is 0 Å². The van der Waals surface area contributed by atoms with Crippen LogP contribution in [0.4, 0.5) is 11.4 Å². The van der Waals surface area contributed by atoms with Gasteiger partial charge in [-0.05, 0) is 35.7 Å². The molecule has 0 aromatic heterocycles. The highest BCUT2D eigenvalue weighted by molar-refractivity contribution is 5.92. The summed E-state index contributed by atoms with van der Waals surface area (Å²) in [5.74, 6) is 1.43. The van der Waals surface area contributed by atoms with Crippen molar-refractivity contribution in [1.82, 2.24) is 4.90 Å². The Hall–Kier alpha value is -2.53. The highest BCUT2D eigenvalue weighted by atomic mass is 16.5. The minimum atomic E-state index is 0.0399. The van der Waals surface area contributed by atoms with Crippen LogP contribution < -0.4 is 15.0 Å². The van der Waals surface area contributed by atoms with Crippen molar-refractivity contribution < 1.29 is 9.53 Å². The zero-order chi connectivity index (χ0) is 19.2. The normalized spacial score (nSPS) is 15.0. The molecule has 0 aliphatic carbocycles. The van der Waals surface area contributed by atoms with Gasteiger partial charge in [-0.15, -0.1) is 0 Å². The van der Waals surface area contributed by atoms with Crippen molar-refractivity contribution in [3.63, 3.8) is 0 Å². The molecule has 1 aliphatic heterocycles. The number of carbonyl (C=O) groups excluding carboxylic acids is 1. The summed E-state index contributed by atoms with van der Waals surface area (Å²) in [7, 11) is 1.70. The molecule has 27 heavy (non-hydrogen) atoms. The predicted molar refractivity (Wildman–Crippen MR) is 111 cm³/mol. The Bertz CT molecular complexity index is 750. The SMILES string of the molecule is COc1ccccc1N1CCN(CC(=O)Nc2ccc(C(C)C)cc2)CC1. The highest BCUT2D eigenvalue weighted by Gasteiger charge is 2.21. The molecule has 1 aliphatic rings. The van der Waals surface area contributed by atoms with Crippen LogP contribution in [0.15, 0.2) is 48.5 Å². The standard InChI is InChI=1S/C22H29N3O2/c1-17(2)18-8-10-19(11-9-18)23-22(26)16-24-12-14-25(15-13-24)20-6-4-5-7-21(20)27-3/h4-11,17H,12-16H2,1-3H3,(H,23,26). The number of nitrogens with zero attached hydrogens (tertiary/aromatic N) is 2. The van der Waals surface area contributed by atoms with Crippen LogP contribution >= 0.6 is 0 Å². The van der Waals surface area contributed by atoms with Crippen LogP contribution in [0.25, 0.3) is 0 Å². The van der Waals surface area contributed by atoms with Gasteiger partial charge in [0.2, 0.25) is 5.91 Å². The quantitative estimate of drug-likeness (QED) is 0.848. The van der Waals surface area contributed by atoms with Crippen molar-refractivity contribution in [3.05, 3.63) is 54.1 Å². The van der Waals surface area contributed by atoms with Crippen LogP contribution in [0.3, 0.4) is 0 Å². The van der Waals surface area contributed by atoms with Gasteiger partial charge in [0.05, 0.1) is 19.3 Å². The molecular weight excluding hydrogens is 338 g/mol. The molecule has 0 atom stereocenters. The van der Waals surface area contributed by atoms with Crippen LogP contribution in [-0.4, -0.2) is 50.6 Å². The summed E-state index contributed by atoms with van der Waals surface area (Å²) < 4.78 is 5.46. The molecule has 1 N–H and O–H groups in total. The Kier molecular flexibility index (Phi) is 6.35. The van der Waals surface area contributed by atoms with Crippen molar-refractivity contribution in [1.29, 1.82) is 0 Å². The third-order valence-corrected chi connectivity index (χ3v) is 5.03. The molecule has 0 spiro atoms. The summed E-state index contributed by atoms with van der Waals surface area (Å²) >= 11 is 0. The van der Waals surface area contributed by atoms with Crippen LogP contribution in [0, 0.1) is 0 Å². The lowest BCUT2D eigenvalue weighted by atomic mass is 10.0. The molecular formula is C22H29N3O2. The van der Waals surface area contributed by atoms with Crippen molar-refractivity contribution in [2.75, 3.05) is 50.1 Å². The van der Waals surface area contributed by atoms with E-state index in [0.717, 1.165) is 43.3 Å². The molecule has 5 nitrogen and oxygen atoms in total. The minimum absolute atomic E-state index is 0.0399. The van der Waals surface area contributed by atoms with Crippen molar-refractivity contribution in [2.24, 2.45) is 0 Å². The second-order valence-electron chi connectivity index (χ2n) is 7.26. The average Bonchev–Trinajstić information content (AvgIpc) is 2.69. The summed E-state index contributed by atoms with van der Waals surface area (Å²) in [6.45, 7) is 8.24. The third kappa shape index (κ3) is 5.01. The molecule has 1 fully saturated rings. The molecule has 0 unspecified atom stereocenters. The first-order chi connectivity index (χ1) is 13.1. The maximum atomic E-state index is 12.4. The Balaban J connectivity index is 1.49. The monoisotopic (exact) mass is 367 g/mol. The molecule has 1 saturated heterocycles. The van der Waals surface area contributed by atoms with E-state index in [-0.39, 0.29) is 5.91 Å². The fraction of sp³-hybridized carbons (Fsp3) is 0.409. The first-order valence-corrected chi connectivity index (χ1v) is 9.57. The number of piperazine rings is 1. The van der Waals surface area contributed by atoms with Crippen LogP contribution in [0.1, 0.15) is 25.3 Å². The lowest BCUT2D eigenvalue weighted by molar-refractivity contribution is -0.117. The van der Waals surface area contributed by atoms with Gasteiger partial charge >= 0.3 is 0 Å². The Morgan fingerprint density at radius 2 is 1.70 bits per heavy atom. The van der Waals surface area contributed by atoms with Gasteiger partial charge in [-0.1, -0.05) is 38.1 Å². The number of amides is 1. The van der Waals surface area contributed by atoms with E-state index in [1.54, 1.807) is 7.11 Å². The van der Waals surface area contributed by atoms with Crippen LogP contribution in [0.2, 0.25) is 0 Å². The summed E-state index contributed by atoms with van der Waals surface area (Å²) in [4.78, 5) is 16.9. The Labute approximate surface area is 161 Å². The Morgan fingerprint density at radius 1 is 1.04 bits per heavy atom.